The number of benzene rings is 2. The van der Waals surface area contributed by atoms with Crippen molar-refractivity contribution in [2.45, 2.75) is 89.6 Å². The van der Waals surface area contributed by atoms with E-state index in [4.69, 9.17) is 18.9 Å². The van der Waals surface area contributed by atoms with Crippen LogP contribution in [0.2, 0.25) is 0 Å². The first-order valence-corrected chi connectivity index (χ1v) is 11.4. The van der Waals surface area contributed by atoms with Crippen molar-refractivity contribution in [2.24, 2.45) is 0 Å². The molecule has 172 valence electrons. The van der Waals surface area contributed by atoms with Crippen molar-refractivity contribution in [1.82, 2.24) is 0 Å². The molecule has 0 saturated heterocycles. The Balaban J connectivity index is 2.57. The molecule has 31 heavy (non-hydrogen) atoms. The SMILES string of the molecule is CC(C)Oc1cc(Sc2cc(OC(C)C)c(O)cc2OC(C)C)c(OC(C)C)cc1O. The molecule has 7 heteroatoms. The third-order valence-corrected chi connectivity index (χ3v) is 4.80. The standard InChI is InChI=1S/C24H34O6S/c1-13(2)27-19-11-23(21(9-17(19)25)29-15(5)6)31-24-12-20(28-14(3)4)18(26)10-22(24)30-16(7)8/h9-16,25-26H,1-8H3. The molecule has 0 fully saturated rings. The van der Waals surface area contributed by atoms with Crippen LogP contribution in [0, 0.1) is 0 Å². The predicted molar refractivity (Wildman–Crippen MR) is 123 cm³/mol. The van der Waals surface area contributed by atoms with Crippen LogP contribution in [-0.4, -0.2) is 34.6 Å². The first-order valence-electron chi connectivity index (χ1n) is 10.5. The first-order chi connectivity index (χ1) is 14.5. The second-order valence-electron chi connectivity index (χ2n) is 8.30. The summed E-state index contributed by atoms with van der Waals surface area (Å²) in [5, 5.41) is 20.8. The van der Waals surface area contributed by atoms with Crippen molar-refractivity contribution in [3.63, 3.8) is 0 Å². The van der Waals surface area contributed by atoms with Gasteiger partial charge >= 0.3 is 0 Å². The fraction of sp³-hybridized carbons (Fsp3) is 0.500. The van der Waals surface area contributed by atoms with E-state index in [0.29, 0.717) is 23.0 Å². The molecular weight excluding hydrogens is 416 g/mol. The van der Waals surface area contributed by atoms with Crippen molar-refractivity contribution in [1.29, 1.82) is 0 Å². The van der Waals surface area contributed by atoms with E-state index < -0.39 is 0 Å². The molecule has 0 aliphatic carbocycles. The second-order valence-corrected chi connectivity index (χ2v) is 9.39. The summed E-state index contributed by atoms with van der Waals surface area (Å²) in [4.78, 5) is 1.49. The maximum atomic E-state index is 10.4. The summed E-state index contributed by atoms with van der Waals surface area (Å²) >= 11 is 1.39. The van der Waals surface area contributed by atoms with E-state index in [1.54, 1.807) is 24.3 Å². The third-order valence-electron chi connectivity index (χ3n) is 3.72. The van der Waals surface area contributed by atoms with Gasteiger partial charge in [-0.3, -0.25) is 0 Å². The molecule has 2 aromatic carbocycles. The smallest absolute Gasteiger partial charge is 0.162 e. The van der Waals surface area contributed by atoms with Gasteiger partial charge in [-0.15, -0.1) is 0 Å². The largest absolute Gasteiger partial charge is 0.504 e. The maximum Gasteiger partial charge on any atom is 0.162 e. The Morgan fingerprint density at radius 2 is 0.806 bits per heavy atom. The Bertz CT molecular complexity index is 805. The fourth-order valence-electron chi connectivity index (χ4n) is 2.73. The summed E-state index contributed by atoms with van der Waals surface area (Å²) in [5.74, 6) is 1.84. The zero-order valence-electron chi connectivity index (χ0n) is 19.6. The molecule has 0 aliphatic rings. The van der Waals surface area contributed by atoms with Crippen LogP contribution in [-0.2, 0) is 0 Å². The molecule has 2 aromatic rings. The van der Waals surface area contributed by atoms with E-state index in [0.717, 1.165) is 9.79 Å². The highest BCUT2D eigenvalue weighted by Gasteiger charge is 2.20. The van der Waals surface area contributed by atoms with Crippen LogP contribution in [0.3, 0.4) is 0 Å². The van der Waals surface area contributed by atoms with Gasteiger partial charge in [0.15, 0.2) is 23.0 Å². The summed E-state index contributed by atoms with van der Waals surface area (Å²) < 4.78 is 23.4. The van der Waals surface area contributed by atoms with Gasteiger partial charge in [0, 0.05) is 24.3 Å². The van der Waals surface area contributed by atoms with Crippen LogP contribution >= 0.6 is 11.8 Å². The Morgan fingerprint density at radius 3 is 1.10 bits per heavy atom. The molecule has 0 heterocycles. The minimum Gasteiger partial charge on any atom is -0.504 e. The Morgan fingerprint density at radius 1 is 0.516 bits per heavy atom. The fourth-order valence-corrected chi connectivity index (χ4v) is 3.71. The highest BCUT2D eigenvalue weighted by Crippen LogP contribution is 2.48. The van der Waals surface area contributed by atoms with Crippen molar-refractivity contribution >= 4 is 11.8 Å². The highest BCUT2D eigenvalue weighted by atomic mass is 32.2. The van der Waals surface area contributed by atoms with Crippen molar-refractivity contribution < 1.29 is 29.2 Å². The molecule has 0 amide bonds. The molecule has 0 aliphatic heterocycles. The Labute approximate surface area is 189 Å². The summed E-state index contributed by atoms with van der Waals surface area (Å²) in [5.41, 5.74) is 0. The number of ether oxygens (including phenoxy) is 4. The van der Waals surface area contributed by atoms with Crippen LogP contribution in [0.5, 0.6) is 34.5 Å². The molecule has 2 rings (SSSR count). The van der Waals surface area contributed by atoms with Crippen LogP contribution in [0.4, 0.5) is 0 Å². The van der Waals surface area contributed by atoms with Gasteiger partial charge < -0.3 is 29.2 Å². The van der Waals surface area contributed by atoms with Gasteiger partial charge in [-0.25, -0.2) is 0 Å². The summed E-state index contributed by atoms with van der Waals surface area (Å²) in [6.45, 7) is 15.3. The Kier molecular flexibility index (Phi) is 8.62. The zero-order valence-corrected chi connectivity index (χ0v) is 20.4. The lowest BCUT2D eigenvalue weighted by Gasteiger charge is -2.20. The molecule has 0 atom stereocenters. The molecule has 0 saturated carbocycles. The third kappa shape index (κ3) is 7.35. The number of hydrogen-bond acceptors (Lipinski definition) is 7. The number of rotatable bonds is 10. The topological polar surface area (TPSA) is 77.4 Å². The summed E-state index contributed by atoms with van der Waals surface area (Å²) in [6.07, 6.45) is -0.358. The van der Waals surface area contributed by atoms with E-state index in [1.807, 2.05) is 55.4 Å². The first kappa shape index (κ1) is 24.9. The van der Waals surface area contributed by atoms with Gasteiger partial charge in [0.2, 0.25) is 0 Å². The normalized spacial score (nSPS) is 11.5. The van der Waals surface area contributed by atoms with E-state index in [1.165, 1.54) is 11.8 Å². The van der Waals surface area contributed by atoms with Crippen molar-refractivity contribution in [3.05, 3.63) is 24.3 Å². The van der Waals surface area contributed by atoms with E-state index in [9.17, 15) is 10.2 Å². The molecular formula is C24H34O6S. The van der Waals surface area contributed by atoms with Gasteiger partial charge in [0.05, 0.1) is 34.2 Å². The minimum absolute atomic E-state index is 0.0156. The van der Waals surface area contributed by atoms with Crippen molar-refractivity contribution in [3.8, 4) is 34.5 Å². The van der Waals surface area contributed by atoms with Gasteiger partial charge in [0.1, 0.15) is 11.5 Å². The van der Waals surface area contributed by atoms with Gasteiger partial charge in [-0.05, 0) is 55.4 Å². The zero-order chi connectivity index (χ0) is 23.3. The van der Waals surface area contributed by atoms with Crippen LogP contribution in [0.1, 0.15) is 55.4 Å². The van der Waals surface area contributed by atoms with Gasteiger partial charge in [0.25, 0.3) is 0 Å². The van der Waals surface area contributed by atoms with Crippen LogP contribution < -0.4 is 18.9 Å². The lowest BCUT2D eigenvalue weighted by Crippen LogP contribution is -2.09. The van der Waals surface area contributed by atoms with Gasteiger partial charge in [-0.2, -0.15) is 0 Å². The minimum atomic E-state index is -0.0971. The monoisotopic (exact) mass is 450 g/mol. The van der Waals surface area contributed by atoms with E-state index in [2.05, 4.69) is 0 Å². The molecule has 0 bridgehead atoms. The summed E-state index contributed by atoms with van der Waals surface area (Å²) in [6, 6.07) is 6.64. The lowest BCUT2D eigenvalue weighted by atomic mass is 10.3. The molecule has 0 aromatic heterocycles. The number of phenolic OH excluding ortho intramolecular Hbond substituents is 2. The molecule has 0 radical (unpaired) electrons. The molecule has 2 N–H and O–H groups in total. The second kappa shape index (κ2) is 10.8. The van der Waals surface area contributed by atoms with Crippen LogP contribution in [0.15, 0.2) is 34.1 Å². The van der Waals surface area contributed by atoms with Crippen LogP contribution in [0.25, 0.3) is 0 Å². The van der Waals surface area contributed by atoms with E-state index >= 15 is 0 Å². The highest BCUT2D eigenvalue weighted by molar-refractivity contribution is 7.99. The maximum absolute atomic E-state index is 10.4. The average molecular weight is 451 g/mol. The number of phenols is 2. The summed E-state index contributed by atoms with van der Waals surface area (Å²) in [7, 11) is 0. The predicted octanol–water partition coefficient (Wildman–Crippen LogP) is 6.40. The average Bonchev–Trinajstić information content (AvgIpc) is 2.60. The lowest BCUT2D eigenvalue weighted by molar-refractivity contribution is 0.220. The number of aromatic hydroxyl groups is 2. The van der Waals surface area contributed by atoms with E-state index in [-0.39, 0.29) is 35.9 Å². The molecule has 6 nitrogen and oxygen atoms in total. The quantitative estimate of drug-likeness (QED) is 0.434. The van der Waals surface area contributed by atoms with Crippen molar-refractivity contribution in [2.75, 3.05) is 0 Å². The number of hydrogen-bond donors (Lipinski definition) is 2. The molecule has 0 spiro atoms. The molecule has 0 unspecified atom stereocenters. The van der Waals surface area contributed by atoms with Gasteiger partial charge in [-0.1, -0.05) is 11.8 Å². The Hall–Kier alpha value is -2.41.